The van der Waals surface area contributed by atoms with Gasteiger partial charge in [0.1, 0.15) is 0 Å². The first-order valence-electron chi connectivity index (χ1n) is 7.77. The summed E-state index contributed by atoms with van der Waals surface area (Å²) in [6, 6.07) is 0. The second-order valence-electron chi connectivity index (χ2n) is 7.19. The van der Waals surface area contributed by atoms with Crippen molar-refractivity contribution in [2.45, 2.75) is 37.5 Å². The van der Waals surface area contributed by atoms with E-state index in [2.05, 4.69) is 14.1 Å². The summed E-state index contributed by atoms with van der Waals surface area (Å²) in [5.74, 6) is -0.182. The number of nitrogens with zero attached hydrogens (tertiary/aromatic N) is 1. The molecular weight excluding hydrogens is 376 g/mol. The number of carbonyl (C=O) groups is 1. The number of hydrogen-bond acceptors (Lipinski definition) is 4. The molecule has 1 rings (SSSR count). The third-order valence-electron chi connectivity index (χ3n) is 4.79. The van der Waals surface area contributed by atoms with Crippen LogP contribution in [0.4, 0.5) is 0 Å². The minimum atomic E-state index is -5.08. The molecule has 4 N–H and O–H groups in total. The second-order valence-corrected chi connectivity index (χ2v) is 12.7. The molecule has 8 nitrogen and oxygen atoms in total. The van der Waals surface area contributed by atoms with Crippen LogP contribution in [0.5, 0.6) is 0 Å². The van der Waals surface area contributed by atoms with E-state index in [-0.39, 0.29) is 29.6 Å². The fourth-order valence-corrected chi connectivity index (χ4v) is 7.34. The zero-order valence-electron chi connectivity index (χ0n) is 14.3. The van der Waals surface area contributed by atoms with Gasteiger partial charge in [0, 0.05) is 12.7 Å². The molecule has 1 aliphatic heterocycles. The summed E-state index contributed by atoms with van der Waals surface area (Å²) < 4.78 is 24.9. The van der Waals surface area contributed by atoms with Gasteiger partial charge in [0.05, 0.1) is 27.2 Å². The van der Waals surface area contributed by atoms with Crippen molar-refractivity contribution < 1.29 is 38.0 Å². The normalized spacial score (nSPS) is 20.1. The van der Waals surface area contributed by atoms with Gasteiger partial charge in [0.25, 0.3) is 0 Å². The van der Waals surface area contributed by atoms with Gasteiger partial charge < -0.3 is 24.1 Å². The highest BCUT2D eigenvalue weighted by Crippen LogP contribution is 2.73. The van der Waals surface area contributed by atoms with E-state index in [1.54, 1.807) is 0 Å². The van der Waals surface area contributed by atoms with Gasteiger partial charge in [0.15, 0.2) is 10.0 Å². The van der Waals surface area contributed by atoms with Crippen molar-refractivity contribution in [2.75, 3.05) is 32.9 Å². The molecule has 0 aromatic rings. The summed E-state index contributed by atoms with van der Waals surface area (Å²) in [5.41, 5.74) is 0. The molecule has 1 heterocycles. The lowest BCUT2D eigenvalue weighted by Gasteiger charge is -2.41. The number of rotatable bonds is 7. The minimum absolute atomic E-state index is 0.0279. The number of hydrogen-bond donors (Lipinski definition) is 4. The maximum Gasteiger partial charge on any atom is 0.343 e. The molecule has 0 bridgehead atoms. The molecule has 1 fully saturated rings. The Morgan fingerprint density at radius 1 is 1.12 bits per heavy atom. The van der Waals surface area contributed by atoms with E-state index in [1.807, 2.05) is 0 Å². The fraction of sp³-hybridized carbons (Fsp3) is 0.923. The Labute approximate surface area is 146 Å². The van der Waals surface area contributed by atoms with Crippen LogP contribution in [0.15, 0.2) is 0 Å². The Balaban J connectivity index is 3.05. The summed E-state index contributed by atoms with van der Waals surface area (Å²) in [5, 5.41) is -0.253. The number of piperidine rings is 1. The van der Waals surface area contributed by atoms with E-state index in [0.29, 0.717) is 12.8 Å². The average molecular weight is 404 g/mol. The summed E-state index contributed by atoms with van der Waals surface area (Å²) >= 11 is 0.823. The maximum atomic E-state index is 12.1. The van der Waals surface area contributed by atoms with Crippen LogP contribution in [-0.2, 0) is 13.9 Å². The molecule has 1 aliphatic rings. The standard InChI is InChI=1S/C13H27NO7P2S/c1-11(15)24-9-6-13(22(16,17)18,23(19,20)21)10-12-4-7-14(2,3)8-5-12/h12H,4-10H2,1-3H3,(H3-,16,17,18,19,20,21)/p+1. The third-order valence-corrected chi connectivity index (χ3v) is 10.2. The monoisotopic (exact) mass is 404 g/mol. The van der Waals surface area contributed by atoms with Crippen LogP contribution < -0.4 is 0 Å². The Bertz CT molecular complexity index is 525. The minimum Gasteiger partial charge on any atom is -0.328 e. The van der Waals surface area contributed by atoms with Crippen LogP contribution in [0.3, 0.4) is 0 Å². The Kier molecular flexibility index (Phi) is 7.33. The van der Waals surface area contributed by atoms with Crippen molar-refractivity contribution in [2.24, 2.45) is 5.92 Å². The zero-order valence-corrected chi connectivity index (χ0v) is 16.9. The van der Waals surface area contributed by atoms with Gasteiger partial charge in [0.2, 0.25) is 0 Å². The van der Waals surface area contributed by atoms with Crippen LogP contribution in [0, 0.1) is 5.92 Å². The molecule has 0 amide bonds. The lowest BCUT2D eigenvalue weighted by molar-refractivity contribution is -0.896. The van der Waals surface area contributed by atoms with Crippen LogP contribution >= 0.6 is 27.0 Å². The van der Waals surface area contributed by atoms with Gasteiger partial charge >= 0.3 is 15.2 Å². The molecule has 0 aromatic heterocycles. The summed E-state index contributed by atoms with van der Waals surface area (Å²) in [7, 11) is -6.05. The molecule has 0 saturated carbocycles. The number of thioether (sulfide) groups is 1. The largest absolute Gasteiger partial charge is 0.343 e. The van der Waals surface area contributed by atoms with Crippen molar-refractivity contribution in [1.29, 1.82) is 0 Å². The molecule has 142 valence electrons. The fourth-order valence-electron chi connectivity index (χ4n) is 3.15. The first-order chi connectivity index (χ1) is 10.7. The zero-order chi connectivity index (χ0) is 18.8. The Morgan fingerprint density at radius 2 is 1.58 bits per heavy atom. The molecule has 0 aliphatic carbocycles. The van der Waals surface area contributed by atoms with Crippen molar-refractivity contribution in [3.05, 3.63) is 0 Å². The first kappa shape index (κ1) is 22.3. The first-order valence-corrected chi connectivity index (χ1v) is 12.0. The van der Waals surface area contributed by atoms with Gasteiger partial charge in [-0.25, -0.2) is 0 Å². The van der Waals surface area contributed by atoms with E-state index >= 15 is 0 Å². The molecular formula is C13H28NO7P2S+. The second kappa shape index (κ2) is 7.89. The molecule has 0 radical (unpaired) electrons. The molecule has 0 unspecified atom stereocenters. The lowest BCUT2D eigenvalue weighted by atomic mass is 9.90. The molecule has 24 heavy (non-hydrogen) atoms. The van der Waals surface area contributed by atoms with Crippen molar-refractivity contribution in [3.63, 3.8) is 0 Å². The average Bonchev–Trinajstić information content (AvgIpc) is 2.36. The van der Waals surface area contributed by atoms with Crippen LogP contribution in [0.25, 0.3) is 0 Å². The van der Waals surface area contributed by atoms with E-state index in [0.717, 1.165) is 29.3 Å². The van der Waals surface area contributed by atoms with Gasteiger partial charge in [-0.1, -0.05) is 11.8 Å². The van der Waals surface area contributed by atoms with E-state index in [1.165, 1.54) is 6.92 Å². The quantitative estimate of drug-likeness (QED) is 0.371. The highest BCUT2D eigenvalue weighted by Gasteiger charge is 2.60. The van der Waals surface area contributed by atoms with Gasteiger partial charge in [-0.05, 0) is 31.6 Å². The molecule has 11 heteroatoms. The number of carbonyl (C=O) groups excluding carboxylic acids is 1. The van der Waals surface area contributed by atoms with Crippen molar-refractivity contribution >= 4 is 32.1 Å². The van der Waals surface area contributed by atoms with Gasteiger partial charge in [-0.2, -0.15) is 0 Å². The maximum absolute atomic E-state index is 12.1. The highest BCUT2D eigenvalue weighted by molar-refractivity contribution is 8.13. The molecule has 0 aromatic carbocycles. The number of quaternary nitrogens is 1. The van der Waals surface area contributed by atoms with Crippen LogP contribution in [-0.4, -0.2) is 67.0 Å². The lowest BCUT2D eigenvalue weighted by Crippen LogP contribution is -2.47. The van der Waals surface area contributed by atoms with Crippen molar-refractivity contribution in [1.82, 2.24) is 0 Å². The SMILES string of the molecule is CC(=O)SCCC(CC1CC[N+](C)(C)CC1)(P(=O)(O)O)P(=O)(O)O. The van der Waals surface area contributed by atoms with E-state index < -0.39 is 20.1 Å². The Morgan fingerprint density at radius 3 is 1.96 bits per heavy atom. The molecule has 0 atom stereocenters. The predicted molar refractivity (Wildman–Crippen MR) is 93.8 cm³/mol. The van der Waals surface area contributed by atoms with Gasteiger partial charge in [-0.3, -0.25) is 13.9 Å². The van der Waals surface area contributed by atoms with Crippen molar-refractivity contribution in [3.8, 4) is 0 Å². The highest BCUT2D eigenvalue weighted by atomic mass is 32.2. The summed E-state index contributed by atoms with van der Waals surface area (Å²) in [4.78, 5) is 47.8. The smallest absolute Gasteiger partial charge is 0.328 e. The predicted octanol–water partition coefficient (Wildman–Crippen LogP) is 1.58. The van der Waals surface area contributed by atoms with Crippen LogP contribution in [0.1, 0.15) is 32.6 Å². The summed E-state index contributed by atoms with van der Waals surface area (Å²) in [6.45, 7) is 2.90. The van der Waals surface area contributed by atoms with E-state index in [9.17, 15) is 33.5 Å². The Hall–Kier alpha value is 0.280. The number of likely N-dealkylation sites (tertiary alicyclic amines) is 1. The van der Waals surface area contributed by atoms with Crippen LogP contribution in [0.2, 0.25) is 0 Å². The molecule has 1 saturated heterocycles. The van der Waals surface area contributed by atoms with E-state index in [4.69, 9.17) is 0 Å². The van der Waals surface area contributed by atoms with Gasteiger partial charge in [-0.15, -0.1) is 0 Å². The molecule has 0 spiro atoms. The third kappa shape index (κ3) is 5.64. The summed E-state index contributed by atoms with van der Waals surface area (Å²) in [6.07, 6.45) is 0.712. The topological polar surface area (TPSA) is 132 Å².